The Bertz CT molecular complexity index is 445. The molecular formula is C12H17N3O5. The van der Waals surface area contributed by atoms with Crippen LogP contribution in [0, 0.1) is 11.3 Å². The molecule has 0 aliphatic carbocycles. The summed E-state index contributed by atoms with van der Waals surface area (Å²) in [4.78, 5) is 35.6. The third-order valence-corrected chi connectivity index (χ3v) is 3.15. The van der Waals surface area contributed by atoms with Crippen LogP contribution in [-0.2, 0) is 14.4 Å². The van der Waals surface area contributed by atoms with Crippen molar-refractivity contribution >= 4 is 17.8 Å². The molecule has 20 heavy (non-hydrogen) atoms. The SMILES string of the molecule is CC(=O)N1C[C@H](O)C[C@H]1C(=O)N[C@@H](CCC#N)C(=O)O. The Labute approximate surface area is 116 Å². The van der Waals surface area contributed by atoms with E-state index < -0.39 is 30.1 Å². The van der Waals surface area contributed by atoms with Gasteiger partial charge in [-0.2, -0.15) is 5.26 Å². The van der Waals surface area contributed by atoms with E-state index in [4.69, 9.17) is 10.4 Å². The van der Waals surface area contributed by atoms with Crippen molar-refractivity contribution in [2.75, 3.05) is 6.54 Å². The van der Waals surface area contributed by atoms with Crippen LogP contribution in [0.4, 0.5) is 0 Å². The van der Waals surface area contributed by atoms with E-state index in [1.54, 1.807) is 0 Å². The van der Waals surface area contributed by atoms with Crippen molar-refractivity contribution in [3.63, 3.8) is 0 Å². The highest BCUT2D eigenvalue weighted by molar-refractivity contribution is 5.90. The molecule has 0 aromatic carbocycles. The van der Waals surface area contributed by atoms with E-state index in [1.807, 2.05) is 6.07 Å². The summed E-state index contributed by atoms with van der Waals surface area (Å²) in [5.41, 5.74) is 0. The second-order valence-corrected chi connectivity index (χ2v) is 4.67. The van der Waals surface area contributed by atoms with Gasteiger partial charge in [0.15, 0.2) is 0 Å². The summed E-state index contributed by atoms with van der Waals surface area (Å²) in [5.74, 6) is -2.21. The van der Waals surface area contributed by atoms with Crippen LogP contribution in [0.1, 0.15) is 26.2 Å². The molecule has 0 unspecified atom stereocenters. The summed E-state index contributed by atoms with van der Waals surface area (Å²) in [6.07, 6.45) is -0.721. The topological polar surface area (TPSA) is 131 Å². The van der Waals surface area contributed by atoms with E-state index in [0.29, 0.717) is 0 Å². The predicted molar refractivity (Wildman–Crippen MR) is 66.2 cm³/mol. The van der Waals surface area contributed by atoms with Gasteiger partial charge in [-0.05, 0) is 6.42 Å². The van der Waals surface area contributed by atoms with Crippen molar-refractivity contribution < 1.29 is 24.6 Å². The molecule has 3 atom stereocenters. The van der Waals surface area contributed by atoms with Gasteiger partial charge in [0, 0.05) is 26.3 Å². The zero-order valence-corrected chi connectivity index (χ0v) is 11.1. The number of carbonyl (C=O) groups is 3. The Kier molecular flexibility index (Phi) is 5.46. The number of aliphatic hydroxyl groups is 1. The van der Waals surface area contributed by atoms with Crippen molar-refractivity contribution in [1.82, 2.24) is 10.2 Å². The molecule has 0 bridgehead atoms. The van der Waals surface area contributed by atoms with E-state index in [2.05, 4.69) is 5.32 Å². The van der Waals surface area contributed by atoms with Crippen molar-refractivity contribution in [2.45, 2.75) is 44.4 Å². The first kappa shape index (κ1) is 15.9. The number of nitriles is 1. The molecule has 0 saturated carbocycles. The summed E-state index contributed by atoms with van der Waals surface area (Å²) in [5, 5.41) is 29.2. The lowest BCUT2D eigenvalue weighted by atomic mass is 10.1. The van der Waals surface area contributed by atoms with Gasteiger partial charge in [0.05, 0.1) is 12.2 Å². The maximum Gasteiger partial charge on any atom is 0.326 e. The lowest BCUT2D eigenvalue weighted by Gasteiger charge is -2.23. The molecule has 1 aliphatic rings. The molecule has 1 fully saturated rings. The maximum absolute atomic E-state index is 12.0. The molecule has 1 saturated heterocycles. The Morgan fingerprint density at radius 1 is 1.50 bits per heavy atom. The molecule has 3 N–H and O–H groups in total. The summed E-state index contributed by atoms with van der Waals surface area (Å²) < 4.78 is 0. The van der Waals surface area contributed by atoms with Crippen LogP contribution in [0.25, 0.3) is 0 Å². The number of carboxylic acids is 1. The number of aliphatic carboxylic acids is 1. The number of rotatable bonds is 5. The zero-order chi connectivity index (χ0) is 15.3. The van der Waals surface area contributed by atoms with Crippen molar-refractivity contribution in [3.05, 3.63) is 0 Å². The summed E-state index contributed by atoms with van der Waals surface area (Å²) in [6.45, 7) is 1.34. The van der Waals surface area contributed by atoms with Crippen LogP contribution in [0.3, 0.4) is 0 Å². The normalized spacial score (nSPS) is 22.9. The third kappa shape index (κ3) is 3.93. The zero-order valence-electron chi connectivity index (χ0n) is 11.1. The fourth-order valence-corrected chi connectivity index (χ4v) is 2.14. The monoisotopic (exact) mass is 283 g/mol. The quantitative estimate of drug-likeness (QED) is 0.583. The van der Waals surface area contributed by atoms with E-state index in [-0.39, 0.29) is 31.7 Å². The number of β-amino-alcohol motifs (C(OH)–C–C–N with tert-alkyl or cyclic N) is 1. The Balaban J connectivity index is 2.70. The Hall–Kier alpha value is -2.14. The van der Waals surface area contributed by atoms with Gasteiger partial charge in [0.2, 0.25) is 11.8 Å². The van der Waals surface area contributed by atoms with E-state index in [0.717, 1.165) is 0 Å². The number of likely N-dealkylation sites (tertiary alicyclic amines) is 1. The van der Waals surface area contributed by atoms with Crippen LogP contribution < -0.4 is 5.32 Å². The Morgan fingerprint density at radius 2 is 2.15 bits per heavy atom. The molecule has 2 amide bonds. The van der Waals surface area contributed by atoms with E-state index in [9.17, 15) is 19.5 Å². The number of hydrogen-bond acceptors (Lipinski definition) is 5. The molecular weight excluding hydrogens is 266 g/mol. The summed E-state index contributed by atoms with van der Waals surface area (Å²) >= 11 is 0. The first-order valence-corrected chi connectivity index (χ1v) is 6.22. The molecule has 1 heterocycles. The van der Waals surface area contributed by atoms with Crippen LogP contribution in [-0.4, -0.2) is 57.6 Å². The number of carboxylic acid groups (broad SMARTS) is 1. The van der Waals surface area contributed by atoms with Gasteiger partial charge >= 0.3 is 5.97 Å². The Morgan fingerprint density at radius 3 is 2.65 bits per heavy atom. The fraction of sp³-hybridized carbons (Fsp3) is 0.667. The minimum Gasteiger partial charge on any atom is -0.480 e. The number of hydrogen-bond donors (Lipinski definition) is 3. The lowest BCUT2D eigenvalue weighted by molar-refractivity contribution is -0.143. The lowest BCUT2D eigenvalue weighted by Crippen LogP contribution is -2.50. The van der Waals surface area contributed by atoms with Crippen molar-refractivity contribution in [1.29, 1.82) is 5.26 Å². The van der Waals surface area contributed by atoms with Gasteiger partial charge in [-0.15, -0.1) is 0 Å². The largest absolute Gasteiger partial charge is 0.480 e. The standard InChI is InChI=1S/C12H17N3O5/c1-7(16)15-6-8(17)5-10(15)11(18)14-9(12(19)20)3-2-4-13/h8-10,17H,2-3,5-6H2,1H3,(H,14,18)(H,19,20)/t8-,9+,10+/m1/s1. The number of amides is 2. The van der Waals surface area contributed by atoms with Gasteiger partial charge in [-0.25, -0.2) is 4.79 Å². The minimum atomic E-state index is -1.23. The molecule has 0 spiro atoms. The highest BCUT2D eigenvalue weighted by Crippen LogP contribution is 2.18. The number of nitrogens with zero attached hydrogens (tertiary/aromatic N) is 2. The summed E-state index contributed by atoms with van der Waals surface area (Å²) in [6, 6.07) is -0.231. The van der Waals surface area contributed by atoms with E-state index in [1.165, 1.54) is 11.8 Å². The van der Waals surface area contributed by atoms with Gasteiger partial charge < -0.3 is 20.4 Å². The molecule has 110 valence electrons. The first-order valence-electron chi connectivity index (χ1n) is 6.22. The molecule has 8 nitrogen and oxygen atoms in total. The van der Waals surface area contributed by atoms with Crippen LogP contribution in [0.15, 0.2) is 0 Å². The van der Waals surface area contributed by atoms with Gasteiger partial charge in [0.1, 0.15) is 12.1 Å². The second-order valence-electron chi connectivity index (χ2n) is 4.67. The van der Waals surface area contributed by atoms with Crippen LogP contribution in [0.5, 0.6) is 0 Å². The highest BCUT2D eigenvalue weighted by Gasteiger charge is 2.38. The van der Waals surface area contributed by atoms with Crippen molar-refractivity contribution in [3.8, 4) is 6.07 Å². The minimum absolute atomic E-state index is 0.000953. The fourth-order valence-electron chi connectivity index (χ4n) is 2.14. The third-order valence-electron chi connectivity index (χ3n) is 3.15. The average Bonchev–Trinajstić information content (AvgIpc) is 2.76. The first-order chi connectivity index (χ1) is 9.36. The summed E-state index contributed by atoms with van der Waals surface area (Å²) in [7, 11) is 0. The number of aliphatic hydroxyl groups excluding tert-OH is 1. The molecule has 0 aromatic heterocycles. The second kappa shape index (κ2) is 6.86. The maximum atomic E-state index is 12.0. The van der Waals surface area contributed by atoms with Crippen LogP contribution in [0.2, 0.25) is 0 Å². The smallest absolute Gasteiger partial charge is 0.326 e. The molecule has 0 radical (unpaired) electrons. The van der Waals surface area contributed by atoms with Crippen LogP contribution >= 0.6 is 0 Å². The van der Waals surface area contributed by atoms with Gasteiger partial charge in [-0.3, -0.25) is 9.59 Å². The van der Waals surface area contributed by atoms with E-state index >= 15 is 0 Å². The molecule has 1 aliphatic heterocycles. The van der Waals surface area contributed by atoms with Gasteiger partial charge in [-0.1, -0.05) is 0 Å². The average molecular weight is 283 g/mol. The molecule has 1 rings (SSSR count). The molecule has 8 heteroatoms. The number of nitrogens with one attached hydrogen (secondary N) is 1. The highest BCUT2D eigenvalue weighted by atomic mass is 16.4. The van der Waals surface area contributed by atoms with Gasteiger partial charge in [0.25, 0.3) is 0 Å². The van der Waals surface area contributed by atoms with Crippen molar-refractivity contribution in [2.24, 2.45) is 0 Å². The molecule has 0 aromatic rings. The predicted octanol–water partition coefficient (Wildman–Crippen LogP) is -1.16. The number of carbonyl (C=O) groups excluding carboxylic acids is 2.